The number of ether oxygens (including phenoxy) is 1. The van der Waals surface area contributed by atoms with Gasteiger partial charge < -0.3 is 14.6 Å². The average Bonchev–Trinajstić information content (AvgIpc) is 3.26. The molecule has 1 aliphatic rings. The van der Waals surface area contributed by atoms with Gasteiger partial charge in [-0.2, -0.15) is 0 Å². The van der Waals surface area contributed by atoms with E-state index in [1.807, 2.05) is 31.2 Å². The molecule has 3 rings (SSSR count). The smallest absolute Gasteiger partial charge is 0.312 e. The van der Waals surface area contributed by atoms with Crippen molar-refractivity contribution in [2.24, 2.45) is 5.92 Å². The molecule has 1 fully saturated rings. The number of aryl methyl sites for hydroxylation is 2. The van der Waals surface area contributed by atoms with E-state index in [4.69, 9.17) is 4.74 Å². The number of esters is 1. The molecule has 0 unspecified atom stereocenters. The number of hydrogen-bond acceptors (Lipinski definition) is 5. The molecule has 1 N–H and O–H groups in total. The first-order chi connectivity index (χ1) is 14.6. The van der Waals surface area contributed by atoms with Gasteiger partial charge in [0.05, 0.1) is 11.6 Å². The fourth-order valence-electron chi connectivity index (χ4n) is 4.22. The summed E-state index contributed by atoms with van der Waals surface area (Å²) in [4.78, 5) is 54.5. The number of H-pyrrole nitrogens is 1. The summed E-state index contributed by atoms with van der Waals surface area (Å²) in [7, 11) is 0. The predicted molar refractivity (Wildman–Crippen MR) is 116 cm³/mol. The van der Waals surface area contributed by atoms with Gasteiger partial charge in [-0.05, 0) is 51.3 Å². The average molecular weight is 424 g/mol. The SMILES string of the molecule is CCc1ccccc1N1C[C@H](C(=O)O[C@H](C)C(=O)c2[nH]c(C)c(C(C)=O)c2C)CC1=O. The Balaban J connectivity index is 1.71. The topological polar surface area (TPSA) is 96.5 Å². The van der Waals surface area contributed by atoms with Gasteiger partial charge in [-0.3, -0.25) is 19.2 Å². The first-order valence-corrected chi connectivity index (χ1v) is 10.5. The quantitative estimate of drug-likeness (QED) is 0.541. The molecule has 1 aromatic carbocycles. The number of Topliss-reactive ketones (excluding diaryl/α,β-unsaturated/α-hetero) is 2. The van der Waals surface area contributed by atoms with Crippen LogP contribution >= 0.6 is 0 Å². The summed E-state index contributed by atoms with van der Waals surface area (Å²) in [6, 6.07) is 7.62. The van der Waals surface area contributed by atoms with Gasteiger partial charge in [0.25, 0.3) is 0 Å². The number of para-hydroxylation sites is 1. The molecule has 1 amide bonds. The number of aromatic amines is 1. The molecule has 7 nitrogen and oxygen atoms in total. The molecule has 7 heteroatoms. The summed E-state index contributed by atoms with van der Waals surface area (Å²) in [6.07, 6.45) is -0.207. The van der Waals surface area contributed by atoms with Crippen molar-refractivity contribution < 1.29 is 23.9 Å². The van der Waals surface area contributed by atoms with E-state index in [1.54, 1.807) is 18.7 Å². The Hall–Kier alpha value is -3.22. The fourth-order valence-corrected chi connectivity index (χ4v) is 4.22. The van der Waals surface area contributed by atoms with Crippen LogP contribution in [-0.4, -0.2) is 41.1 Å². The van der Waals surface area contributed by atoms with Gasteiger partial charge >= 0.3 is 5.97 Å². The molecule has 164 valence electrons. The summed E-state index contributed by atoms with van der Waals surface area (Å²) in [6.45, 7) is 8.61. The molecule has 2 heterocycles. The highest BCUT2D eigenvalue weighted by atomic mass is 16.5. The molecule has 1 saturated heterocycles. The van der Waals surface area contributed by atoms with Crippen LogP contribution in [0.15, 0.2) is 24.3 Å². The number of carbonyl (C=O) groups is 4. The zero-order chi connectivity index (χ0) is 22.9. The van der Waals surface area contributed by atoms with E-state index >= 15 is 0 Å². The van der Waals surface area contributed by atoms with Crippen LogP contribution in [-0.2, 0) is 20.7 Å². The third-order valence-electron chi connectivity index (χ3n) is 5.82. The second-order valence-corrected chi connectivity index (χ2v) is 8.01. The third kappa shape index (κ3) is 4.31. The van der Waals surface area contributed by atoms with Gasteiger partial charge in [0, 0.05) is 29.9 Å². The lowest BCUT2D eigenvalue weighted by molar-refractivity contribution is -0.151. The minimum absolute atomic E-state index is 0.0485. The van der Waals surface area contributed by atoms with Crippen LogP contribution in [0.3, 0.4) is 0 Å². The van der Waals surface area contributed by atoms with Crippen LogP contribution in [0.5, 0.6) is 0 Å². The summed E-state index contributed by atoms with van der Waals surface area (Å²) < 4.78 is 5.43. The number of aromatic nitrogens is 1. The zero-order valence-electron chi connectivity index (χ0n) is 18.6. The van der Waals surface area contributed by atoms with Gasteiger partial charge in [-0.15, -0.1) is 0 Å². The Bertz CT molecular complexity index is 1050. The minimum Gasteiger partial charge on any atom is -0.454 e. The van der Waals surface area contributed by atoms with Crippen LogP contribution in [0.1, 0.15) is 64.9 Å². The first kappa shape index (κ1) is 22.5. The molecular weight excluding hydrogens is 396 g/mol. The number of anilines is 1. The Morgan fingerprint density at radius 1 is 1.23 bits per heavy atom. The molecule has 0 spiro atoms. The molecule has 2 aromatic rings. The van der Waals surface area contributed by atoms with Gasteiger partial charge in [0.2, 0.25) is 11.7 Å². The number of nitrogens with zero attached hydrogens (tertiary/aromatic N) is 1. The molecule has 1 aromatic heterocycles. The van der Waals surface area contributed by atoms with Gasteiger partial charge in [-0.1, -0.05) is 25.1 Å². The number of amides is 1. The normalized spacial score (nSPS) is 17.0. The van der Waals surface area contributed by atoms with Crippen molar-refractivity contribution in [3.8, 4) is 0 Å². The third-order valence-corrected chi connectivity index (χ3v) is 5.82. The Morgan fingerprint density at radius 2 is 1.90 bits per heavy atom. The molecule has 0 radical (unpaired) electrons. The van der Waals surface area contributed by atoms with E-state index in [0.717, 1.165) is 17.7 Å². The number of rotatable bonds is 7. The number of benzene rings is 1. The Labute approximate surface area is 181 Å². The number of nitrogens with one attached hydrogen (secondary N) is 1. The standard InChI is InChI=1S/C24H28N2O5/c1-6-17-9-7-8-10-19(17)26-12-18(11-20(26)28)24(30)31-16(5)23(29)22-13(2)21(15(4)27)14(3)25-22/h7-10,16,18,25H,6,11-12H2,1-5H3/t16-,18-/m1/s1. The van der Waals surface area contributed by atoms with Gasteiger partial charge in [0.15, 0.2) is 11.9 Å². The number of carbonyl (C=O) groups excluding carboxylic acids is 4. The summed E-state index contributed by atoms with van der Waals surface area (Å²) >= 11 is 0. The lowest BCUT2D eigenvalue weighted by Crippen LogP contribution is -2.31. The summed E-state index contributed by atoms with van der Waals surface area (Å²) in [5.74, 6) is -1.88. The van der Waals surface area contributed by atoms with E-state index in [0.29, 0.717) is 16.8 Å². The van der Waals surface area contributed by atoms with Crippen molar-refractivity contribution in [1.82, 2.24) is 4.98 Å². The highest BCUT2D eigenvalue weighted by molar-refractivity contribution is 6.05. The lowest BCUT2D eigenvalue weighted by Gasteiger charge is -2.20. The van der Waals surface area contributed by atoms with Crippen LogP contribution in [0.25, 0.3) is 0 Å². The van der Waals surface area contributed by atoms with E-state index in [-0.39, 0.29) is 30.3 Å². The largest absolute Gasteiger partial charge is 0.454 e. The summed E-state index contributed by atoms with van der Waals surface area (Å²) in [5, 5.41) is 0. The van der Waals surface area contributed by atoms with E-state index in [1.165, 1.54) is 13.8 Å². The van der Waals surface area contributed by atoms with Crippen molar-refractivity contribution in [1.29, 1.82) is 0 Å². The first-order valence-electron chi connectivity index (χ1n) is 10.5. The lowest BCUT2D eigenvalue weighted by atomic mass is 10.0. The Morgan fingerprint density at radius 3 is 2.52 bits per heavy atom. The van der Waals surface area contributed by atoms with Crippen molar-refractivity contribution >= 4 is 29.1 Å². The van der Waals surface area contributed by atoms with Crippen LogP contribution in [0.4, 0.5) is 5.69 Å². The summed E-state index contributed by atoms with van der Waals surface area (Å²) in [5.41, 5.74) is 3.75. The van der Waals surface area contributed by atoms with Gasteiger partial charge in [0.1, 0.15) is 0 Å². The molecule has 31 heavy (non-hydrogen) atoms. The molecule has 0 saturated carbocycles. The number of hydrogen-bond donors (Lipinski definition) is 1. The van der Waals surface area contributed by atoms with Gasteiger partial charge in [-0.25, -0.2) is 0 Å². The second kappa shape index (κ2) is 8.88. The van der Waals surface area contributed by atoms with Crippen molar-refractivity contribution in [2.75, 3.05) is 11.4 Å². The highest BCUT2D eigenvalue weighted by Crippen LogP contribution is 2.29. The zero-order valence-corrected chi connectivity index (χ0v) is 18.6. The molecule has 2 atom stereocenters. The van der Waals surface area contributed by atoms with E-state index < -0.39 is 23.8 Å². The second-order valence-electron chi connectivity index (χ2n) is 8.01. The maximum Gasteiger partial charge on any atom is 0.312 e. The maximum absolute atomic E-state index is 12.8. The highest BCUT2D eigenvalue weighted by Gasteiger charge is 2.38. The molecular formula is C24H28N2O5. The van der Waals surface area contributed by atoms with Crippen LogP contribution < -0.4 is 4.90 Å². The van der Waals surface area contributed by atoms with E-state index in [9.17, 15) is 19.2 Å². The molecule has 1 aliphatic heterocycles. The van der Waals surface area contributed by atoms with Crippen molar-refractivity contribution in [3.63, 3.8) is 0 Å². The maximum atomic E-state index is 12.8. The van der Waals surface area contributed by atoms with Crippen molar-refractivity contribution in [2.45, 2.75) is 53.6 Å². The van der Waals surface area contributed by atoms with Crippen LogP contribution in [0, 0.1) is 19.8 Å². The molecule has 0 bridgehead atoms. The molecule has 0 aliphatic carbocycles. The van der Waals surface area contributed by atoms with Crippen LogP contribution in [0.2, 0.25) is 0 Å². The van der Waals surface area contributed by atoms with E-state index in [2.05, 4.69) is 4.98 Å². The predicted octanol–water partition coefficient (Wildman–Crippen LogP) is 3.56. The van der Waals surface area contributed by atoms with Crippen molar-refractivity contribution in [3.05, 3.63) is 52.3 Å². The Kier molecular flexibility index (Phi) is 6.43. The number of ketones is 2. The fraction of sp³-hybridized carbons (Fsp3) is 0.417. The monoisotopic (exact) mass is 424 g/mol. The minimum atomic E-state index is -1.03.